The van der Waals surface area contributed by atoms with Gasteiger partial charge in [-0.05, 0) is 18.6 Å². The van der Waals surface area contributed by atoms with Gasteiger partial charge in [-0.25, -0.2) is 9.97 Å². The van der Waals surface area contributed by atoms with E-state index in [1.54, 1.807) is 6.20 Å². The van der Waals surface area contributed by atoms with Crippen LogP contribution in [0.4, 0.5) is 0 Å². The molecule has 0 aliphatic carbocycles. The molecule has 0 atom stereocenters. The number of carboxylic acid groups (broad SMARTS) is 2. The Labute approximate surface area is 197 Å². The van der Waals surface area contributed by atoms with Crippen molar-refractivity contribution in [2.75, 3.05) is 13.1 Å². The number of aryl methyl sites for hydroxylation is 1. The summed E-state index contributed by atoms with van der Waals surface area (Å²) in [4.78, 5) is 39.3. The second kappa shape index (κ2) is 12.9. The van der Waals surface area contributed by atoms with Crippen molar-refractivity contribution in [3.63, 3.8) is 0 Å². The van der Waals surface area contributed by atoms with Crippen LogP contribution in [0.15, 0.2) is 42.9 Å². The highest BCUT2D eigenvalue weighted by Crippen LogP contribution is 2.16. The van der Waals surface area contributed by atoms with Crippen LogP contribution in [0.2, 0.25) is 0 Å². The fourth-order valence-corrected chi connectivity index (χ4v) is 3.28. The van der Waals surface area contributed by atoms with Crippen molar-refractivity contribution >= 4 is 17.8 Å². The highest BCUT2D eigenvalue weighted by Gasteiger charge is 2.16. The first kappa shape index (κ1) is 26.3. The van der Waals surface area contributed by atoms with E-state index in [2.05, 4.69) is 25.2 Å². The van der Waals surface area contributed by atoms with Crippen molar-refractivity contribution in [1.29, 1.82) is 0 Å². The first-order chi connectivity index (χ1) is 16.2. The fraction of sp³-hybridized carbons (Fsp3) is 0.348. The number of nitrogens with zero attached hydrogens (tertiary/aromatic N) is 4. The van der Waals surface area contributed by atoms with Crippen molar-refractivity contribution in [2.45, 2.75) is 40.3 Å². The summed E-state index contributed by atoms with van der Waals surface area (Å²) in [6, 6.07) is 8.01. The first-order valence-electron chi connectivity index (χ1n) is 10.7. The molecule has 3 heterocycles. The molecular weight excluding hydrogens is 440 g/mol. The van der Waals surface area contributed by atoms with E-state index in [0.29, 0.717) is 12.2 Å². The summed E-state index contributed by atoms with van der Waals surface area (Å²) < 4.78 is 4.09. The summed E-state index contributed by atoms with van der Waals surface area (Å²) in [5, 5.41) is 21.2. The minimum absolute atomic E-state index is 0.143. The number of para-hydroxylation sites is 1. The zero-order chi connectivity index (χ0) is 25.1. The predicted molar refractivity (Wildman–Crippen MR) is 125 cm³/mol. The molecule has 0 saturated carbocycles. The number of hydrogen-bond acceptors (Lipinski definition) is 6. The lowest BCUT2D eigenvalue weighted by Gasteiger charge is -2.12. The van der Waals surface area contributed by atoms with Gasteiger partial charge in [-0.2, -0.15) is 0 Å². The molecule has 0 saturated heterocycles. The molecule has 1 aliphatic heterocycles. The van der Waals surface area contributed by atoms with Crippen LogP contribution < -0.4 is 10.6 Å². The molecule has 1 amide bonds. The Bertz CT molecular complexity index is 1080. The molecule has 34 heavy (non-hydrogen) atoms. The number of benzene rings is 1. The quantitative estimate of drug-likeness (QED) is 0.449. The van der Waals surface area contributed by atoms with Crippen LogP contribution >= 0.6 is 0 Å². The number of imidazole rings is 2. The van der Waals surface area contributed by atoms with E-state index in [-0.39, 0.29) is 5.91 Å². The second-order valence-electron chi connectivity index (χ2n) is 7.43. The molecule has 182 valence electrons. The van der Waals surface area contributed by atoms with E-state index in [4.69, 9.17) is 19.8 Å². The Morgan fingerprint density at radius 3 is 2.44 bits per heavy atom. The number of carboxylic acids is 2. The van der Waals surface area contributed by atoms with Gasteiger partial charge >= 0.3 is 0 Å². The number of aromatic nitrogens is 4. The second-order valence-corrected chi connectivity index (χ2v) is 7.43. The third kappa shape index (κ3) is 8.17. The number of carbonyl (C=O) groups excluding carboxylic acids is 1. The minimum Gasteiger partial charge on any atom is -0.481 e. The molecule has 11 nitrogen and oxygen atoms in total. The number of hydrogen-bond donors (Lipinski definition) is 4. The highest BCUT2D eigenvalue weighted by molar-refractivity contribution is 5.92. The number of fused-ring (bicyclic) bond motifs is 1. The van der Waals surface area contributed by atoms with E-state index in [1.165, 1.54) is 0 Å². The largest absolute Gasteiger partial charge is 0.481 e. The number of nitrogens with one attached hydrogen (secondary N) is 2. The molecule has 0 unspecified atom stereocenters. The average molecular weight is 471 g/mol. The molecule has 1 aliphatic rings. The Morgan fingerprint density at radius 2 is 1.79 bits per heavy atom. The van der Waals surface area contributed by atoms with E-state index >= 15 is 0 Å². The number of aliphatic carboxylic acids is 2. The van der Waals surface area contributed by atoms with Crippen LogP contribution in [0.5, 0.6) is 0 Å². The Kier molecular flexibility index (Phi) is 9.96. The molecule has 2 aromatic heterocycles. The SMILES string of the molecule is CC(=O)O.CC(=O)O.Cc1nccn1-c1ccccc1CNC(=O)c1cn2c(n1)CCNCC2. The van der Waals surface area contributed by atoms with Crippen LogP contribution in [0, 0.1) is 6.92 Å². The zero-order valence-corrected chi connectivity index (χ0v) is 19.5. The highest BCUT2D eigenvalue weighted by atomic mass is 16.4. The number of rotatable bonds is 4. The molecule has 0 radical (unpaired) electrons. The molecule has 3 aromatic rings. The van der Waals surface area contributed by atoms with Crippen molar-refractivity contribution in [3.05, 3.63) is 65.8 Å². The van der Waals surface area contributed by atoms with Gasteiger partial charge in [0.25, 0.3) is 17.8 Å². The average Bonchev–Trinajstić information content (AvgIpc) is 3.31. The topological polar surface area (TPSA) is 151 Å². The summed E-state index contributed by atoms with van der Waals surface area (Å²) in [7, 11) is 0. The molecule has 11 heteroatoms. The van der Waals surface area contributed by atoms with Crippen LogP contribution in [-0.4, -0.2) is 60.3 Å². The maximum absolute atomic E-state index is 12.6. The lowest BCUT2D eigenvalue weighted by atomic mass is 10.1. The first-order valence-corrected chi connectivity index (χ1v) is 10.7. The summed E-state index contributed by atoms with van der Waals surface area (Å²) in [5.74, 6) is 0.0699. The van der Waals surface area contributed by atoms with Gasteiger partial charge in [-0.3, -0.25) is 14.4 Å². The maximum atomic E-state index is 12.6. The Hall–Kier alpha value is -3.99. The van der Waals surface area contributed by atoms with Gasteiger partial charge in [0, 0.05) is 65.0 Å². The van der Waals surface area contributed by atoms with E-state index in [0.717, 1.165) is 62.8 Å². The van der Waals surface area contributed by atoms with E-state index in [9.17, 15) is 4.79 Å². The Balaban J connectivity index is 0.000000446. The van der Waals surface area contributed by atoms with Crippen LogP contribution in [0.25, 0.3) is 5.69 Å². The number of amides is 1. The smallest absolute Gasteiger partial charge is 0.300 e. The third-order valence-electron chi connectivity index (χ3n) is 4.66. The van der Waals surface area contributed by atoms with Crippen LogP contribution in [-0.2, 0) is 29.1 Å². The summed E-state index contributed by atoms with van der Waals surface area (Å²) in [6.45, 7) is 7.22. The Morgan fingerprint density at radius 1 is 1.12 bits per heavy atom. The summed E-state index contributed by atoms with van der Waals surface area (Å²) in [5.41, 5.74) is 2.54. The number of carbonyl (C=O) groups is 3. The van der Waals surface area contributed by atoms with Crippen molar-refractivity contribution in [2.24, 2.45) is 0 Å². The van der Waals surface area contributed by atoms with Gasteiger partial charge in [0.15, 0.2) is 0 Å². The van der Waals surface area contributed by atoms with E-state index in [1.807, 2.05) is 48.1 Å². The van der Waals surface area contributed by atoms with Gasteiger partial charge in [-0.15, -0.1) is 0 Å². The molecule has 1 aromatic carbocycles. The zero-order valence-electron chi connectivity index (χ0n) is 19.5. The lowest BCUT2D eigenvalue weighted by Crippen LogP contribution is -2.24. The molecule has 4 N–H and O–H groups in total. The molecular formula is C23H30N6O5. The van der Waals surface area contributed by atoms with Gasteiger partial charge in [-0.1, -0.05) is 18.2 Å². The maximum Gasteiger partial charge on any atom is 0.300 e. The van der Waals surface area contributed by atoms with Gasteiger partial charge in [0.2, 0.25) is 0 Å². The molecule has 4 rings (SSSR count). The minimum atomic E-state index is -0.833. The third-order valence-corrected chi connectivity index (χ3v) is 4.66. The van der Waals surface area contributed by atoms with Gasteiger partial charge in [0.05, 0.1) is 5.69 Å². The van der Waals surface area contributed by atoms with Crippen LogP contribution in [0.1, 0.15) is 41.5 Å². The monoisotopic (exact) mass is 470 g/mol. The van der Waals surface area contributed by atoms with Crippen molar-refractivity contribution < 1.29 is 24.6 Å². The lowest BCUT2D eigenvalue weighted by molar-refractivity contribution is -0.135. The molecule has 0 spiro atoms. The van der Waals surface area contributed by atoms with Gasteiger partial charge in [0.1, 0.15) is 17.3 Å². The normalized spacial score (nSPS) is 12.1. The van der Waals surface area contributed by atoms with E-state index < -0.39 is 11.9 Å². The van der Waals surface area contributed by atoms with Crippen LogP contribution in [0.3, 0.4) is 0 Å². The molecule has 0 bridgehead atoms. The predicted octanol–water partition coefficient (Wildman–Crippen LogP) is 1.63. The summed E-state index contributed by atoms with van der Waals surface area (Å²) >= 11 is 0. The fourth-order valence-electron chi connectivity index (χ4n) is 3.28. The molecule has 0 fully saturated rings. The van der Waals surface area contributed by atoms with Gasteiger partial charge < -0.3 is 30.0 Å². The van der Waals surface area contributed by atoms with Crippen molar-refractivity contribution in [1.82, 2.24) is 29.7 Å². The summed E-state index contributed by atoms with van der Waals surface area (Å²) in [6.07, 6.45) is 6.40. The van der Waals surface area contributed by atoms with Crippen molar-refractivity contribution in [3.8, 4) is 5.69 Å². The standard InChI is InChI=1S/C19H22N6O.2C2H4O2/c1-14-21-9-11-25(14)17-5-3-2-4-15(17)12-22-19(26)16-13-24-10-8-20-7-6-18(24)23-16;2*1-2(3)4/h2-5,9,11,13,20H,6-8,10,12H2,1H3,(H,22,26);2*1H3,(H,3,4).